The minimum Gasteiger partial charge on any atom is -0.206 e. The third kappa shape index (κ3) is 4.52. The Balaban J connectivity index is 1.61. The first-order valence-corrected chi connectivity index (χ1v) is 10.6. The summed E-state index contributed by atoms with van der Waals surface area (Å²) in [5, 5.41) is 3.07. The Labute approximate surface area is 177 Å². The highest BCUT2D eigenvalue weighted by atomic mass is 35.5. The van der Waals surface area contributed by atoms with E-state index in [9.17, 15) is 4.39 Å². The number of rotatable bonds is 6. The molecule has 4 rings (SSSR count). The predicted octanol–water partition coefficient (Wildman–Crippen LogP) is 8.70. The maximum absolute atomic E-state index is 14.8. The van der Waals surface area contributed by atoms with Crippen LogP contribution in [0.4, 0.5) is 4.39 Å². The predicted molar refractivity (Wildman–Crippen MR) is 123 cm³/mol. The van der Waals surface area contributed by atoms with Crippen molar-refractivity contribution in [3.63, 3.8) is 0 Å². The zero-order valence-corrected chi connectivity index (χ0v) is 17.3. The molecule has 4 aromatic rings. The highest BCUT2D eigenvalue weighted by Crippen LogP contribution is 2.30. The Kier molecular flexibility index (Phi) is 5.97. The van der Waals surface area contributed by atoms with Gasteiger partial charge in [-0.05, 0) is 70.1 Å². The van der Waals surface area contributed by atoms with Crippen LogP contribution >= 0.6 is 11.6 Å². The van der Waals surface area contributed by atoms with Gasteiger partial charge in [-0.1, -0.05) is 86.0 Å². The monoisotopic (exact) mass is 402 g/mol. The Morgan fingerprint density at radius 3 is 2.10 bits per heavy atom. The molecule has 0 aliphatic carbocycles. The molecule has 0 bridgehead atoms. The zero-order chi connectivity index (χ0) is 20.2. The molecule has 2 heteroatoms. The summed E-state index contributed by atoms with van der Waals surface area (Å²) in [6.45, 7) is 2.23. The van der Waals surface area contributed by atoms with Crippen LogP contribution in [0.3, 0.4) is 0 Å². The minimum atomic E-state index is -0.226. The van der Waals surface area contributed by atoms with Crippen molar-refractivity contribution in [3.05, 3.63) is 95.3 Å². The van der Waals surface area contributed by atoms with Crippen molar-refractivity contribution in [3.8, 4) is 22.3 Å². The maximum atomic E-state index is 14.8. The molecule has 0 saturated heterocycles. The number of hydrogen-bond acceptors (Lipinski definition) is 0. The van der Waals surface area contributed by atoms with E-state index in [1.165, 1.54) is 35.6 Å². The highest BCUT2D eigenvalue weighted by molar-refractivity contribution is 6.30. The summed E-state index contributed by atoms with van der Waals surface area (Å²) in [4.78, 5) is 0. The molecule has 0 fully saturated rings. The van der Waals surface area contributed by atoms with Gasteiger partial charge in [-0.25, -0.2) is 4.39 Å². The van der Waals surface area contributed by atoms with Gasteiger partial charge in [-0.15, -0.1) is 0 Å². The van der Waals surface area contributed by atoms with Gasteiger partial charge in [-0.2, -0.15) is 0 Å². The van der Waals surface area contributed by atoms with Gasteiger partial charge in [0, 0.05) is 10.6 Å². The van der Waals surface area contributed by atoms with E-state index in [2.05, 4.69) is 43.3 Å². The van der Waals surface area contributed by atoms with E-state index in [0.717, 1.165) is 23.1 Å². The van der Waals surface area contributed by atoms with Gasteiger partial charge in [0.2, 0.25) is 0 Å². The van der Waals surface area contributed by atoms with Crippen LogP contribution in [0.2, 0.25) is 5.02 Å². The fourth-order valence-electron chi connectivity index (χ4n) is 3.77. The van der Waals surface area contributed by atoms with Crippen LogP contribution in [0.25, 0.3) is 33.0 Å². The topological polar surface area (TPSA) is 0 Å². The highest BCUT2D eigenvalue weighted by Gasteiger charge is 2.08. The zero-order valence-electron chi connectivity index (χ0n) is 16.6. The van der Waals surface area contributed by atoms with Crippen molar-refractivity contribution in [2.75, 3.05) is 0 Å². The molecule has 29 heavy (non-hydrogen) atoms. The summed E-state index contributed by atoms with van der Waals surface area (Å²) in [5.41, 5.74) is 4.71. The van der Waals surface area contributed by atoms with Crippen LogP contribution in [-0.2, 0) is 6.42 Å². The lowest BCUT2D eigenvalue weighted by molar-refractivity contribution is 0.632. The van der Waals surface area contributed by atoms with E-state index in [0.29, 0.717) is 10.6 Å². The fraction of sp³-hybridized carbons (Fsp3) is 0.185. The van der Waals surface area contributed by atoms with Crippen molar-refractivity contribution in [1.82, 2.24) is 0 Å². The number of fused-ring (bicyclic) bond motifs is 1. The van der Waals surface area contributed by atoms with Crippen molar-refractivity contribution < 1.29 is 4.39 Å². The summed E-state index contributed by atoms with van der Waals surface area (Å²) < 4.78 is 14.8. The summed E-state index contributed by atoms with van der Waals surface area (Å²) in [5.74, 6) is -0.226. The smallest absolute Gasteiger partial charge is 0.131 e. The van der Waals surface area contributed by atoms with E-state index in [1.807, 2.05) is 24.3 Å². The largest absolute Gasteiger partial charge is 0.206 e. The van der Waals surface area contributed by atoms with Crippen molar-refractivity contribution >= 4 is 22.4 Å². The molecule has 0 aliphatic rings. The normalized spacial score (nSPS) is 11.1. The molecule has 0 radical (unpaired) electrons. The van der Waals surface area contributed by atoms with Gasteiger partial charge >= 0.3 is 0 Å². The second kappa shape index (κ2) is 8.80. The average Bonchev–Trinajstić information content (AvgIpc) is 2.74. The first kappa shape index (κ1) is 19.7. The van der Waals surface area contributed by atoms with E-state index in [4.69, 9.17) is 11.6 Å². The molecule has 0 atom stereocenters. The molecule has 0 amide bonds. The number of benzene rings is 4. The van der Waals surface area contributed by atoms with Crippen LogP contribution in [0.5, 0.6) is 0 Å². The Morgan fingerprint density at radius 2 is 1.34 bits per heavy atom. The van der Waals surface area contributed by atoms with E-state index < -0.39 is 0 Å². The third-order valence-electron chi connectivity index (χ3n) is 5.43. The van der Waals surface area contributed by atoms with Crippen LogP contribution in [0, 0.1) is 5.82 Å². The molecule has 0 nitrogen and oxygen atoms in total. The van der Waals surface area contributed by atoms with E-state index in [1.54, 1.807) is 18.2 Å². The molecule has 0 aliphatic heterocycles. The van der Waals surface area contributed by atoms with E-state index >= 15 is 0 Å². The number of unbranched alkanes of at least 4 members (excludes halogenated alkanes) is 2. The molecular formula is C27H24ClF. The lowest BCUT2D eigenvalue weighted by atomic mass is 9.96. The van der Waals surface area contributed by atoms with E-state index in [-0.39, 0.29) is 5.82 Å². The van der Waals surface area contributed by atoms with Gasteiger partial charge in [0.05, 0.1) is 0 Å². The molecule has 146 valence electrons. The Morgan fingerprint density at radius 1 is 0.690 bits per heavy atom. The van der Waals surface area contributed by atoms with Gasteiger partial charge in [0.1, 0.15) is 5.82 Å². The molecule has 0 spiro atoms. The third-order valence-corrected chi connectivity index (χ3v) is 5.68. The number of halogens is 2. The molecule has 0 saturated carbocycles. The molecular weight excluding hydrogens is 379 g/mol. The van der Waals surface area contributed by atoms with Crippen molar-refractivity contribution in [2.45, 2.75) is 32.6 Å². The van der Waals surface area contributed by atoms with Crippen LogP contribution in [0.1, 0.15) is 31.7 Å². The van der Waals surface area contributed by atoms with Crippen LogP contribution < -0.4 is 0 Å². The quantitative estimate of drug-likeness (QED) is 0.283. The first-order valence-electron chi connectivity index (χ1n) is 10.2. The van der Waals surface area contributed by atoms with Crippen molar-refractivity contribution in [2.24, 2.45) is 0 Å². The molecule has 0 unspecified atom stereocenters. The van der Waals surface area contributed by atoms with Gasteiger partial charge in [-0.3, -0.25) is 0 Å². The maximum Gasteiger partial charge on any atom is 0.131 e. The van der Waals surface area contributed by atoms with Crippen LogP contribution in [0.15, 0.2) is 78.9 Å². The lowest BCUT2D eigenvalue weighted by Gasteiger charge is -2.09. The minimum absolute atomic E-state index is 0.226. The summed E-state index contributed by atoms with van der Waals surface area (Å²) in [6, 6.07) is 25.7. The lowest BCUT2D eigenvalue weighted by Crippen LogP contribution is -1.88. The first-order chi connectivity index (χ1) is 14.1. The molecule has 0 N–H and O–H groups in total. The second-order valence-electron chi connectivity index (χ2n) is 7.55. The molecule has 0 aromatic heterocycles. The van der Waals surface area contributed by atoms with Gasteiger partial charge in [0.15, 0.2) is 0 Å². The number of aryl methyl sites for hydroxylation is 1. The molecule has 0 heterocycles. The fourth-order valence-corrected chi connectivity index (χ4v) is 3.89. The molecule has 4 aromatic carbocycles. The van der Waals surface area contributed by atoms with Gasteiger partial charge in [0.25, 0.3) is 0 Å². The van der Waals surface area contributed by atoms with Gasteiger partial charge < -0.3 is 0 Å². The summed E-state index contributed by atoms with van der Waals surface area (Å²) >= 11 is 5.94. The SMILES string of the molecule is CCCCCc1ccc2cc(-c3ccc(-c4ccc(Cl)cc4)c(F)c3)ccc2c1. The Hall–Kier alpha value is -2.64. The van der Waals surface area contributed by atoms with Crippen LogP contribution in [-0.4, -0.2) is 0 Å². The standard InChI is InChI=1S/C27H24ClF/c1-2-3-4-5-19-6-7-22-17-23(9-8-21(22)16-19)24-12-15-26(27(29)18-24)20-10-13-25(28)14-11-20/h6-18H,2-5H2,1H3. The average molecular weight is 403 g/mol. The number of hydrogen-bond donors (Lipinski definition) is 0. The summed E-state index contributed by atoms with van der Waals surface area (Å²) in [7, 11) is 0. The van der Waals surface area contributed by atoms with Crippen molar-refractivity contribution in [1.29, 1.82) is 0 Å². The second-order valence-corrected chi connectivity index (χ2v) is 7.99. The Bertz CT molecular complexity index is 1130. The summed E-state index contributed by atoms with van der Waals surface area (Å²) in [6.07, 6.45) is 4.88.